The number of benzene rings is 2. The van der Waals surface area contributed by atoms with E-state index < -0.39 is 11.8 Å². The van der Waals surface area contributed by atoms with Crippen molar-refractivity contribution in [2.75, 3.05) is 6.61 Å². The molecule has 33 heavy (non-hydrogen) atoms. The van der Waals surface area contributed by atoms with Gasteiger partial charge in [-0.1, -0.05) is 29.8 Å². The molecular weight excluding hydrogens is 448 g/mol. The molecule has 2 aromatic carbocycles. The minimum atomic E-state index is -0.690. The van der Waals surface area contributed by atoms with Crippen molar-refractivity contribution in [2.24, 2.45) is 0 Å². The molecule has 170 valence electrons. The zero-order chi connectivity index (χ0) is 23.4. The molecule has 4 nitrogen and oxygen atoms in total. The standard InChI is InChI=1S/C26H22ClF2NO3/c1-2-32-26(31)23-12-17(8-11-24(23)29)20-4-3-5-21(20)22-13-18(27)14-30-25(22)33-15-16-6-9-19(28)10-7-16/h6-14H,2-5,15H2,1H3. The van der Waals surface area contributed by atoms with Crippen molar-refractivity contribution >= 4 is 28.7 Å². The lowest BCUT2D eigenvalue weighted by atomic mass is 9.96. The molecule has 0 bridgehead atoms. The smallest absolute Gasteiger partial charge is 0.341 e. The Hall–Kier alpha value is -3.25. The van der Waals surface area contributed by atoms with Crippen LogP contribution in [0.3, 0.4) is 0 Å². The van der Waals surface area contributed by atoms with Gasteiger partial charge in [0.25, 0.3) is 0 Å². The average molecular weight is 470 g/mol. The lowest BCUT2D eigenvalue weighted by Crippen LogP contribution is -2.08. The molecule has 1 aromatic heterocycles. The van der Waals surface area contributed by atoms with Crippen LogP contribution in [0.4, 0.5) is 8.78 Å². The summed E-state index contributed by atoms with van der Waals surface area (Å²) in [6.45, 7) is 2.06. The van der Waals surface area contributed by atoms with Crippen LogP contribution in [0, 0.1) is 11.6 Å². The maximum atomic E-state index is 14.3. The summed E-state index contributed by atoms with van der Waals surface area (Å²) in [5, 5.41) is 0.462. The van der Waals surface area contributed by atoms with Crippen molar-refractivity contribution in [3.63, 3.8) is 0 Å². The highest BCUT2D eigenvalue weighted by atomic mass is 35.5. The molecule has 1 aliphatic rings. The summed E-state index contributed by atoms with van der Waals surface area (Å²) in [6.07, 6.45) is 3.92. The average Bonchev–Trinajstić information content (AvgIpc) is 3.29. The molecule has 1 heterocycles. The second-order valence-corrected chi connectivity index (χ2v) is 8.08. The first-order valence-corrected chi connectivity index (χ1v) is 11.1. The van der Waals surface area contributed by atoms with E-state index in [0.29, 0.717) is 10.9 Å². The van der Waals surface area contributed by atoms with Gasteiger partial charge in [-0.3, -0.25) is 0 Å². The van der Waals surface area contributed by atoms with E-state index in [4.69, 9.17) is 21.1 Å². The molecule has 1 aliphatic carbocycles. The lowest BCUT2D eigenvalue weighted by Gasteiger charge is -2.15. The molecule has 0 saturated heterocycles. The van der Waals surface area contributed by atoms with Gasteiger partial charge in [-0.25, -0.2) is 18.6 Å². The van der Waals surface area contributed by atoms with Crippen LogP contribution >= 0.6 is 11.6 Å². The van der Waals surface area contributed by atoms with Crippen molar-refractivity contribution in [1.82, 2.24) is 4.98 Å². The molecule has 0 atom stereocenters. The molecule has 0 spiro atoms. The number of carbonyl (C=O) groups excluding carboxylic acids is 1. The Balaban J connectivity index is 1.70. The number of halogens is 3. The van der Waals surface area contributed by atoms with Crippen LogP contribution in [0.1, 0.15) is 53.2 Å². The Labute approximate surface area is 195 Å². The minimum absolute atomic E-state index is 0.0925. The summed E-state index contributed by atoms with van der Waals surface area (Å²) in [4.78, 5) is 16.5. The summed E-state index contributed by atoms with van der Waals surface area (Å²) < 4.78 is 38.4. The van der Waals surface area contributed by atoms with Gasteiger partial charge >= 0.3 is 5.97 Å². The number of ether oxygens (including phenoxy) is 2. The van der Waals surface area contributed by atoms with Crippen molar-refractivity contribution < 1.29 is 23.0 Å². The first-order chi connectivity index (χ1) is 16.0. The first kappa shape index (κ1) is 22.9. The predicted octanol–water partition coefficient (Wildman–Crippen LogP) is 6.86. The molecule has 0 unspecified atom stereocenters. The number of allylic oxidation sites excluding steroid dienone is 2. The number of hydrogen-bond acceptors (Lipinski definition) is 4. The highest BCUT2D eigenvalue weighted by molar-refractivity contribution is 6.30. The Morgan fingerprint density at radius 2 is 1.82 bits per heavy atom. The monoisotopic (exact) mass is 469 g/mol. The number of hydrogen-bond donors (Lipinski definition) is 0. The van der Waals surface area contributed by atoms with Gasteiger partial charge in [-0.15, -0.1) is 0 Å². The maximum Gasteiger partial charge on any atom is 0.341 e. The van der Waals surface area contributed by atoms with Crippen molar-refractivity contribution in [1.29, 1.82) is 0 Å². The minimum Gasteiger partial charge on any atom is -0.472 e. The highest BCUT2D eigenvalue weighted by Gasteiger charge is 2.23. The summed E-state index contributed by atoms with van der Waals surface area (Å²) in [5.41, 5.74) is 4.18. The van der Waals surface area contributed by atoms with E-state index in [2.05, 4.69) is 4.98 Å². The number of carbonyl (C=O) groups is 1. The quantitative estimate of drug-likeness (QED) is 0.354. The normalized spacial score (nSPS) is 13.3. The number of pyridine rings is 1. The Morgan fingerprint density at radius 3 is 2.58 bits per heavy atom. The van der Waals surface area contributed by atoms with E-state index >= 15 is 0 Å². The molecule has 0 N–H and O–H groups in total. The van der Waals surface area contributed by atoms with E-state index in [-0.39, 0.29) is 24.6 Å². The van der Waals surface area contributed by atoms with Crippen LogP contribution in [0.2, 0.25) is 5.02 Å². The van der Waals surface area contributed by atoms with Crippen molar-refractivity contribution in [3.05, 3.63) is 93.6 Å². The van der Waals surface area contributed by atoms with Gasteiger partial charge in [0.05, 0.1) is 17.2 Å². The second kappa shape index (κ2) is 10.1. The van der Waals surface area contributed by atoms with Crippen LogP contribution in [0.25, 0.3) is 11.1 Å². The number of rotatable bonds is 7. The molecule has 4 rings (SSSR count). The summed E-state index contributed by atoms with van der Waals surface area (Å²) in [7, 11) is 0. The van der Waals surface area contributed by atoms with Crippen LogP contribution in [-0.2, 0) is 11.3 Å². The lowest BCUT2D eigenvalue weighted by molar-refractivity contribution is 0.0521. The molecule has 0 saturated carbocycles. The van der Waals surface area contributed by atoms with E-state index in [1.165, 1.54) is 30.5 Å². The van der Waals surface area contributed by atoms with Gasteiger partial charge in [0.15, 0.2) is 0 Å². The zero-order valence-corrected chi connectivity index (χ0v) is 18.8. The Bertz CT molecular complexity index is 1210. The third-order valence-electron chi connectivity index (χ3n) is 5.46. The summed E-state index contributed by atoms with van der Waals surface area (Å²) in [5.74, 6) is -1.22. The van der Waals surface area contributed by atoms with Crippen LogP contribution in [0.15, 0.2) is 54.7 Å². The van der Waals surface area contributed by atoms with E-state index in [9.17, 15) is 13.6 Å². The second-order valence-electron chi connectivity index (χ2n) is 7.65. The van der Waals surface area contributed by atoms with Gasteiger partial charge in [0.1, 0.15) is 18.2 Å². The third kappa shape index (κ3) is 5.22. The predicted molar refractivity (Wildman–Crippen MR) is 123 cm³/mol. The van der Waals surface area contributed by atoms with E-state index in [1.807, 2.05) is 0 Å². The molecule has 0 fully saturated rings. The first-order valence-electron chi connectivity index (χ1n) is 10.7. The molecule has 0 aliphatic heterocycles. The van der Waals surface area contributed by atoms with Crippen molar-refractivity contribution in [2.45, 2.75) is 32.8 Å². The SMILES string of the molecule is CCOC(=O)c1cc(C2=C(c3cc(Cl)cnc3OCc3ccc(F)cc3)CCC2)ccc1F. The van der Waals surface area contributed by atoms with Crippen LogP contribution in [0.5, 0.6) is 5.88 Å². The van der Waals surface area contributed by atoms with Gasteiger partial charge in [0, 0.05) is 11.8 Å². The Morgan fingerprint density at radius 1 is 1.06 bits per heavy atom. The molecule has 0 amide bonds. The van der Waals surface area contributed by atoms with Gasteiger partial charge in [-0.2, -0.15) is 0 Å². The largest absolute Gasteiger partial charge is 0.472 e. The maximum absolute atomic E-state index is 14.3. The third-order valence-corrected chi connectivity index (χ3v) is 5.67. The highest BCUT2D eigenvalue weighted by Crippen LogP contribution is 2.43. The number of nitrogens with zero attached hydrogens (tertiary/aromatic N) is 1. The molecular formula is C26H22ClF2NO3. The Kier molecular flexibility index (Phi) is 7.04. The topological polar surface area (TPSA) is 48.4 Å². The van der Waals surface area contributed by atoms with Crippen LogP contribution in [-0.4, -0.2) is 17.6 Å². The zero-order valence-electron chi connectivity index (χ0n) is 18.0. The molecule has 0 radical (unpaired) electrons. The van der Waals surface area contributed by atoms with Gasteiger partial charge in [0.2, 0.25) is 5.88 Å². The molecule has 3 aromatic rings. The van der Waals surface area contributed by atoms with Crippen LogP contribution < -0.4 is 4.74 Å². The van der Waals surface area contributed by atoms with Crippen molar-refractivity contribution in [3.8, 4) is 5.88 Å². The fraction of sp³-hybridized carbons (Fsp3) is 0.231. The van der Waals surface area contributed by atoms with Gasteiger partial charge < -0.3 is 9.47 Å². The fourth-order valence-corrected chi connectivity index (χ4v) is 4.09. The number of esters is 1. The van der Waals surface area contributed by atoms with Gasteiger partial charge in [-0.05, 0) is 78.8 Å². The fourth-order valence-electron chi connectivity index (χ4n) is 3.93. The van der Waals surface area contributed by atoms with E-state index in [1.54, 1.807) is 31.2 Å². The summed E-state index contributed by atoms with van der Waals surface area (Å²) in [6, 6.07) is 12.3. The number of aromatic nitrogens is 1. The van der Waals surface area contributed by atoms with E-state index in [0.717, 1.165) is 47.1 Å². The molecule has 7 heteroatoms. The summed E-state index contributed by atoms with van der Waals surface area (Å²) >= 11 is 6.25.